The number of aliphatic hydroxyl groups excluding tert-OH is 1. The van der Waals surface area contributed by atoms with E-state index in [9.17, 15) is 5.11 Å². The van der Waals surface area contributed by atoms with Crippen LogP contribution >= 0.6 is 0 Å². The molecule has 0 aliphatic heterocycles. The second-order valence-electron chi connectivity index (χ2n) is 7.07. The topological polar surface area (TPSA) is 42.4 Å². The van der Waals surface area contributed by atoms with Crippen LogP contribution in [0.15, 0.2) is 6.20 Å². The second-order valence-corrected chi connectivity index (χ2v) is 7.07. The molecule has 116 valence electrons. The highest BCUT2D eigenvalue weighted by Crippen LogP contribution is 2.50. The van der Waals surface area contributed by atoms with E-state index >= 15 is 0 Å². The van der Waals surface area contributed by atoms with E-state index in [1.165, 1.54) is 25.7 Å². The van der Waals surface area contributed by atoms with Gasteiger partial charge in [-0.3, -0.25) is 4.98 Å². The molecule has 1 heterocycles. The molecular formula is C18H27NO2. The first-order valence-corrected chi connectivity index (χ1v) is 8.25. The van der Waals surface area contributed by atoms with Crippen molar-refractivity contribution >= 4 is 0 Å². The smallest absolute Gasteiger partial charge is 0.128 e. The van der Waals surface area contributed by atoms with Gasteiger partial charge in [-0.15, -0.1) is 0 Å². The third-order valence-electron chi connectivity index (χ3n) is 5.64. The van der Waals surface area contributed by atoms with E-state index in [0.717, 1.165) is 46.7 Å². The lowest BCUT2D eigenvalue weighted by Crippen LogP contribution is -2.21. The summed E-state index contributed by atoms with van der Waals surface area (Å²) in [5.74, 6) is 3.48. The van der Waals surface area contributed by atoms with Crippen molar-refractivity contribution in [1.82, 2.24) is 4.98 Å². The Morgan fingerprint density at radius 2 is 2.14 bits per heavy atom. The maximum atomic E-state index is 10.5. The van der Waals surface area contributed by atoms with Crippen LogP contribution in [0.2, 0.25) is 0 Å². The van der Waals surface area contributed by atoms with E-state index < -0.39 is 0 Å². The highest BCUT2D eigenvalue weighted by molar-refractivity contribution is 5.41. The molecule has 2 bridgehead atoms. The van der Waals surface area contributed by atoms with Gasteiger partial charge in [0.1, 0.15) is 5.75 Å². The van der Waals surface area contributed by atoms with Gasteiger partial charge in [0.05, 0.1) is 13.2 Å². The Labute approximate surface area is 127 Å². The van der Waals surface area contributed by atoms with E-state index in [2.05, 4.69) is 4.98 Å². The molecule has 2 aliphatic rings. The molecule has 0 amide bonds. The number of nitrogens with zero attached hydrogens (tertiary/aromatic N) is 1. The van der Waals surface area contributed by atoms with Crippen LogP contribution in [0.3, 0.4) is 0 Å². The van der Waals surface area contributed by atoms with Crippen molar-refractivity contribution in [3.8, 4) is 5.75 Å². The molecule has 0 saturated heterocycles. The van der Waals surface area contributed by atoms with E-state index in [-0.39, 0.29) is 6.10 Å². The zero-order valence-corrected chi connectivity index (χ0v) is 13.4. The molecule has 2 aliphatic carbocycles. The van der Waals surface area contributed by atoms with Gasteiger partial charge >= 0.3 is 0 Å². The number of rotatable bonds is 5. The van der Waals surface area contributed by atoms with E-state index in [1.807, 2.05) is 20.0 Å². The molecule has 0 radical (unpaired) electrons. The fraction of sp³-hybridized carbons (Fsp3) is 0.722. The van der Waals surface area contributed by atoms with Gasteiger partial charge in [-0.05, 0) is 57.3 Å². The summed E-state index contributed by atoms with van der Waals surface area (Å²) in [7, 11) is 1.70. The lowest BCUT2D eigenvalue weighted by molar-refractivity contribution is 0.123. The van der Waals surface area contributed by atoms with Crippen molar-refractivity contribution in [2.45, 2.75) is 58.5 Å². The molecule has 4 unspecified atom stereocenters. The lowest BCUT2D eigenvalue weighted by Gasteiger charge is -2.24. The van der Waals surface area contributed by atoms with Gasteiger partial charge < -0.3 is 9.84 Å². The van der Waals surface area contributed by atoms with Crippen molar-refractivity contribution in [2.24, 2.45) is 17.8 Å². The van der Waals surface area contributed by atoms with Crippen LogP contribution in [0, 0.1) is 31.6 Å². The Hall–Kier alpha value is -1.09. The predicted octanol–water partition coefficient (Wildman–Crippen LogP) is 3.44. The Morgan fingerprint density at radius 1 is 1.33 bits per heavy atom. The number of aromatic nitrogens is 1. The lowest BCUT2D eigenvalue weighted by atomic mass is 9.84. The molecule has 3 nitrogen and oxygen atoms in total. The van der Waals surface area contributed by atoms with Crippen LogP contribution in [0.1, 0.15) is 48.9 Å². The van der Waals surface area contributed by atoms with Crippen molar-refractivity contribution < 1.29 is 9.84 Å². The number of aliphatic hydroxyl groups is 1. The first-order chi connectivity index (χ1) is 10.1. The Morgan fingerprint density at radius 3 is 2.76 bits per heavy atom. The average Bonchev–Trinajstić information content (AvgIpc) is 3.05. The summed E-state index contributed by atoms with van der Waals surface area (Å²) in [4.78, 5) is 4.51. The zero-order valence-electron chi connectivity index (χ0n) is 13.4. The Balaban J connectivity index is 1.63. The summed E-state index contributed by atoms with van der Waals surface area (Å²) < 4.78 is 5.45. The maximum Gasteiger partial charge on any atom is 0.128 e. The highest BCUT2D eigenvalue weighted by atomic mass is 16.5. The number of pyridine rings is 1. The third kappa shape index (κ3) is 2.94. The number of hydrogen-bond acceptors (Lipinski definition) is 3. The Kier molecular flexibility index (Phi) is 4.21. The Bertz CT molecular complexity index is 514. The van der Waals surface area contributed by atoms with E-state index in [4.69, 9.17) is 4.74 Å². The van der Waals surface area contributed by atoms with Gasteiger partial charge in [0.15, 0.2) is 0 Å². The fourth-order valence-corrected chi connectivity index (χ4v) is 4.60. The van der Waals surface area contributed by atoms with Gasteiger partial charge in [-0.2, -0.15) is 0 Å². The predicted molar refractivity (Wildman–Crippen MR) is 83.5 cm³/mol. The van der Waals surface area contributed by atoms with Gasteiger partial charge in [-0.25, -0.2) is 0 Å². The quantitative estimate of drug-likeness (QED) is 0.903. The summed E-state index contributed by atoms with van der Waals surface area (Å²) in [5, 5.41) is 10.5. The molecule has 1 aromatic heterocycles. The van der Waals surface area contributed by atoms with Crippen LogP contribution < -0.4 is 4.74 Å². The number of ether oxygens (including phenoxy) is 1. The van der Waals surface area contributed by atoms with Crippen molar-refractivity contribution in [1.29, 1.82) is 0 Å². The fourth-order valence-electron chi connectivity index (χ4n) is 4.60. The maximum absolute atomic E-state index is 10.5. The van der Waals surface area contributed by atoms with Gasteiger partial charge in [0.2, 0.25) is 0 Å². The minimum Gasteiger partial charge on any atom is -0.496 e. The molecule has 1 N–H and O–H groups in total. The van der Waals surface area contributed by atoms with Crippen molar-refractivity contribution in [3.63, 3.8) is 0 Å². The van der Waals surface area contributed by atoms with E-state index in [1.54, 1.807) is 7.11 Å². The van der Waals surface area contributed by atoms with Gasteiger partial charge in [0, 0.05) is 29.4 Å². The summed E-state index contributed by atoms with van der Waals surface area (Å²) in [6, 6.07) is 0. The number of hydrogen-bond donors (Lipinski definition) is 1. The van der Waals surface area contributed by atoms with Crippen LogP contribution in [-0.2, 0) is 6.42 Å². The van der Waals surface area contributed by atoms with Gasteiger partial charge in [0.25, 0.3) is 0 Å². The minimum atomic E-state index is -0.270. The average molecular weight is 289 g/mol. The summed E-state index contributed by atoms with van der Waals surface area (Å²) in [6.07, 6.45) is 8.73. The standard InChI is InChI=1S/C18H27NO2/c1-11-10-19-17(12(2)18(11)21-3)9-16(20)8-15-7-13-4-5-14(15)6-13/h10,13-16,20H,4-9H2,1-3H3. The zero-order chi connectivity index (χ0) is 15.0. The summed E-state index contributed by atoms with van der Waals surface area (Å²) >= 11 is 0. The molecule has 4 atom stereocenters. The SMILES string of the molecule is COc1c(C)cnc(CC(O)CC2CC3CCC2C3)c1C. The second kappa shape index (κ2) is 5.96. The van der Waals surface area contributed by atoms with Crippen molar-refractivity contribution in [2.75, 3.05) is 7.11 Å². The third-order valence-corrected chi connectivity index (χ3v) is 5.64. The summed E-state index contributed by atoms with van der Waals surface area (Å²) in [6.45, 7) is 4.05. The molecule has 21 heavy (non-hydrogen) atoms. The molecule has 2 saturated carbocycles. The normalized spacial score (nSPS) is 28.9. The molecule has 3 rings (SSSR count). The van der Waals surface area contributed by atoms with Crippen LogP contribution in [0.5, 0.6) is 5.75 Å². The molecule has 2 fully saturated rings. The van der Waals surface area contributed by atoms with Gasteiger partial charge in [-0.1, -0.05) is 6.42 Å². The first-order valence-electron chi connectivity index (χ1n) is 8.25. The minimum absolute atomic E-state index is 0.270. The number of methoxy groups -OCH3 is 1. The molecule has 0 aromatic carbocycles. The van der Waals surface area contributed by atoms with E-state index in [0.29, 0.717) is 6.42 Å². The van der Waals surface area contributed by atoms with Crippen molar-refractivity contribution in [3.05, 3.63) is 23.0 Å². The largest absolute Gasteiger partial charge is 0.496 e. The molecular weight excluding hydrogens is 262 g/mol. The molecule has 1 aromatic rings. The van der Waals surface area contributed by atoms with Crippen LogP contribution in [-0.4, -0.2) is 23.3 Å². The molecule has 0 spiro atoms. The number of fused-ring (bicyclic) bond motifs is 2. The monoisotopic (exact) mass is 289 g/mol. The molecule has 3 heteroatoms. The van der Waals surface area contributed by atoms with Crippen LogP contribution in [0.4, 0.5) is 0 Å². The first kappa shape index (κ1) is 14.8. The highest BCUT2D eigenvalue weighted by Gasteiger charge is 2.39. The summed E-state index contributed by atoms with van der Waals surface area (Å²) in [5.41, 5.74) is 3.11. The van der Waals surface area contributed by atoms with Crippen LogP contribution in [0.25, 0.3) is 0 Å². The number of aryl methyl sites for hydroxylation is 1.